The number of aromatic amines is 2. The fourth-order valence-corrected chi connectivity index (χ4v) is 7.06. The van der Waals surface area contributed by atoms with Gasteiger partial charge in [-0.2, -0.15) is 0 Å². The summed E-state index contributed by atoms with van der Waals surface area (Å²) >= 11 is 0. The summed E-state index contributed by atoms with van der Waals surface area (Å²) in [5.41, 5.74) is 3.18. The minimum Gasteiger partial charge on any atom is -0.361 e. The van der Waals surface area contributed by atoms with Gasteiger partial charge in [-0.3, -0.25) is 33.6 Å². The minimum absolute atomic E-state index is 0.0564. The summed E-state index contributed by atoms with van der Waals surface area (Å²) in [5.74, 6) is -4.68. The smallest absolute Gasteiger partial charge is 0.246 e. The summed E-state index contributed by atoms with van der Waals surface area (Å²) in [6.07, 6.45) is 4.52. The zero-order valence-electron chi connectivity index (χ0n) is 30.1. The van der Waals surface area contributed by atoms with Gasteiger partial charge in [0.05, 0.1) is 19.6 Å². The molecule has 2 saturated heterocycles. The Morgan fingerprint density at radius 2 is 1.13 bits per heavy atom. The zero-order valence-corrected chi connectivity index (χ0v) is 30.1. The van der Waals surface area contributed by atoms with Gasteiger partial charge in [0.1, 0.15) is 24.2 Å². The number of fused-ring (bicyclic) bond motifs is 3. The Balaban J connectivity index is 1.28. The van der Waals surface area contributed by atoms with E-state index in [1.807, 2.05) is 48.5 Å². The molecule has 7 amide bonds. The van der Waals surface area contributed by atoms with Crippen LogP contribution in [0.1, 0.15) is 37.8 Å². The molecule has 0 radical (unpaired) electrons. The van der Waals surface area contributed by atoms with Gasteiger partial charge in [0.2, 0.25) is 41.4 Å². The Hall–Kier alpha value is -6.19. The molecule has 2 aromatic carbocycles. The van der Waals surface area contributed by atoms with Gasteiger partial charge in [-0.1, -0.05) is 50.2 Å². The van der Waals surface area contributed by atoms with Crippen LogP contribution in [0.3, 0.4) is 0 Å². The minimum atomic E-state index is -1.15. The largest absolute Gasteiger partial charge is 0.361 e. The third-order valence-electron chi connectivity index (χ3n) is 9.86. The first-order valence-electron chi connectivity index (χ1n) is 18.1. The van der Waals surface area contributed by atoms with Crippen LogP contribution in [-0.4, -0.2) is 107 Å². The van der Waals surface area contributed by atoms with Crippen molar-refractivity contribution >= 4 is 63.2 Å². The highest BCUT2D eigenvalue weighted by atomic mass is 16.2. The lowest BCUT2D eigenvalue weighted by Crippen LogP contribution is -2.56. The van der Waals surface area contributed by atoms with Crippen molar-refractivity contribution in [2.75, 3.05) is 26.2 Å². The van der Waals surface area contributed by atoms with E-state index < -0.39 is 85.2 Å². The van der Waals surface area contributed by atoms with E-state index in [0.29, 0.717) is 12.8 Å². The zero-order chi connectivity index (χ0) is 38.4. The highest BCUT2D eigenvalue weighted by Gasteiger charge is 2.38. The molecular weight excluding hydrogens is 694 g/mol. The van der Waals surface area contributed by atoms with Gasteiger partial charge in [-0.15, -0.1) is 0 Å². The van der Waals surface area contributed by atoms with Gasteiger partial charge >= 0.3 is 0 Å². The number of H-pyrrole nitrogens is 2. The summed E-state index contributed by atoms with van der Waals surface area (Å²) in [6, 6.07) is 10.8. The van der Waals surface area contributed by atoms with Crippen molar-refractivity contribution in [3.05, 3.63) is 72.1 Å². The van der Waals surface area contributed by atoms with Crippen LogP contribution in [0.4, 0.5) is 0 Å². The van der Waals surface area contributed by atoms with Crippen molar-refractivity contribution in [2.24, 2.45) is 5.92 Å². The highest BCUT2D eigenvalue weighted by Crippen LogP contribution is 2.23. The standard InChI is InChI=1S/C38H45N9O7/c1-21(2)34-37(53)43-19-31(48)44-28(14-22-16-39-26-10-5-3-8-24(22)26)35(51)41-18-32(49)45-29(15-23-17-40-27-11-6-4-9-25(23)27)38(54)47-13-7-12-30(47)36(52)42-20-33(50)46-34/h3-6,8-11,16-17,21,28-30,34,39-40H,7,12-15,18-20H2,1-2H3,(H,41,51)(H,42,52)(H,43,53)(H,44,48)(H,45,49)(H,46,50). The quantitative estimate of drug-likeness (QED) is 0.139. The fraction of sp³-hybridized carbons (Fsp3) is 0.395. The molecule has 2 aromatic heterocycles. The maximum absolute atomic E-state index is 14.2. The Morgan fingerprint density at radius 3 is 1.72 bits per heavy atom. The van der Waals surface area contributed by atoms with Gasteiger partial charge in [-0.25, -0.2) is 0 Å². The van der Waals surface area contributed by atoms with Gasteiger partial charge < -0.3 is 46.8 Å². The molecule has 54 heavy (non-hydrogen) atoms. The van der Waals surface area contributed by atoms with Crippen LogP contribution in [0.25, 0.3) is 21.8 Å². The second-order valence-electron chi connectivity index (χ2n) is 14.0. The molecule has 16 nitrogen and oxygen atoms in total. The third-order valence-corrected chi connectivity index (χ3v) is 9.86. The highest BCUT2D eigenvalue weighted by molar-refractivity contribution is 5.97. The number of nitrogens with zero attached hydrogens (tertiary/aromatic N) is 1. The molecule has 2 fully saturated rings. The monoisotopic (exact) mass is 739 g/mol. The van der Waals surface area contributed by atoms with E-state index in [0.717, 1.165) is 32.9 Å². The number of carbonyl (C=O) groups excluding carboxylic acids is 7. The predicted molar refractivity (Wildman–Crippen MR) is 198 cm³/mol. The van der Waals surface area contributed by atoms with E-state index in [4.69, 9.17) is 0 Å². The lowest BCUT2D eigenvalue weighted by Gasteiger charge is -2.29. The summed E-state index contributed by atoms with van der Waals surface area (Å²) in [4.78, 5) is 102. The van der Waals surface area contributed by atoms with Crippen LogP contribution in [0.5, 0.6) is 0 Å². The molecule has 16 heteroatoms. The average Bonchev–Trinajstić information content (AvgIpc) is 3.92. The Morgan fingerprint density at radius 1 is 0.630 bits per heavy atom. The molecule has 2 aliphatic rings. The number of hydrogen-bond donors (Lipinski definition) is 8. The number of amides is 7. The van der Waals surface area contributed by atoms with Crippen LogP contribution >= 0.6 is 0 Å². The lowest BCUT2D eigenvalue weighted by atomic mass is 10.0. The van der Waals surface area contributed by atoms with E-state index >= 15 is 0 Å². The molecule has 8 N–H and O–H groups in total. The summed E-state index contributed by atoms with van der Waals surface area (Å²) in [6.45, 7) is 2.23. The normalized spacial score (nSPS) is 22.9. The van der Waals surface area contributed by atoms with Crippen LogP contribution in [0.15, 0.2) is 60.9 Å². The Labute approximate surface area is 310 Å². The average molecular weight is 740 g/mol. The first-order valence-corrected chi connectivity index (χ1v) is 18.1. The maximum atomic E-state index is 14.2. The summed E-state index contributed by atoms with van der Waals surface area (Å²) in [7, 11) is 0. The summed E-state index contributed by atoms with van der Waals surface area (Å²) < 4.78 is 0. The van der Waals surface area contributed by atoms with E-state index in [2.05, 4.69) is 41.9 Å². The predicted octanol–water partition coefficient (Wildman–Crippen LogP) is -0.102. The molecule has 0 spiro atoms. The van der Waals surface area contributed by atoms with Crippen molar-refractivity contribution in [1.82, 2.24) is 46.8 Å². The van der Waals surface area contributed by atoms with Crippen molar-refractivity contribution in [3.8, 4) is 0 Å². The second kappa shape index (κ2) is 16.7. The van der Waals surface area contributed by atoms with Crippen molar-refractivity contribution in [1.29, 1.82) is 0 Å². The molecule has 4 heterocycles. The van der Waals surface area contributed by atoms with Crippen molar-refractivity contribution in [2.45, 2.75) is 63.7 Å². The molecule has 4 aromatic rings. The molecule has 0 bridgehead atoms. The van der Waals surface area contributed by atoms with Gasteiger partial charge in [-0.05, 0) is 42.0 Å². The molecular formula is C38H45N9O7. The van der Waals surface area contributed by atoms with Gasteiger partial charge in [0.25, 0.3) is 0 Å². The summed E-state index contributed by atoms with van der Waals surface area (Å²) in [5, 5.41) is 17.5. The number of rotatable bonds is 5. The molecule has 4 unspecified atom stereocenters. The van der Waals surface area contributed by atoms with Crippen LogP contribution in [0.2, 0.25) is 0 Å². The SMILES string of the molecule is CC(C)C1NC(=O)CNC(=O)C2CCCN2C(=O)C(Cc2c[nH]c3ccccc23)NC(=O)CNC(=O)C(Cc2c[nH]c3ccccc23)NC(=O)CNC1=O. The molecule has 4 atom stereocenters. The second-order valence-corrected chi connectivity index (χ2v) is 14.0. The maximum Gasteiger partial charge on any atom is 0.246 e. The number of para-hydroxylation sites is 2. The molecule has 284 valence electrons. The topological polar surface area (TPSA) is 226 Å². The first-order chi connectivity index (χ1) is 26.0. The van der Waals surface area contributed by atoms with Crippen LogP contribution in [0, 0.1) is 5.92 Å². The Bertz CT molecular complexity index is 2070. The Kier molecular flexibility index (Phi) is 11.6. The number of aromatic nitrogens is 2. The third kappa shape index (κ3) is 8.70. The van der Waals surface area contributed by atoms with Gasteiger partial charge in [0.15, 0.2) is 0 Å². The van der Waals surface area contributed by atoms with E-state index in [9.17, 15) is 33.6 Å². The molecule has 6 rings (SSSR count). The van der Waals surface area contributed by atoms with Crippen molar-refractivity contribution in [3.63, 3.8) is 0 Å². The lowest BCUT2D eigenvalue weighted by molar-refractivity contribution is -0.141. The number of benzene rings is 2. The first kappa shape index (κ1) is 37.6. The van der Waals surface area contributed by atoms with Crippen molar-refractivity contribution < 1.29 is 33.6 Å². The van der Waals surface area contributed by atoms with E-state index in [-0.39, 0.29) is 25.3 Å². The molecule has 2 aliphatic heterocycles. The molecule has 0 saturated carbocycles. The van der Waals surface area contributed by atoms with E-state index in [1.165, 1.54) is 4.90 Å². The number of carbonyl (C=O) groups is 7. The van der Waals surface area contributed by atoms with E-state index in [1.54, 1.807) is 26.2 Å². The van der Waals surface area contributed by atoms with Gasteiger partial charge in [0, 0.05) is 53.6 Å². The number of nitrogens with one attached hydrogen (secondary N) is 8. The fourth-order valence-electron chi connectivity index (χ4n) is 7.06. The number of hydrogen-bond acceptors (Lipinski definition) is 7. The van der Waals surface area contributed by atoms with Crippen LogP contribution < -0.4 is 31.9 Å². The molecule has 0 aliphatic carbocycles. The van der Waals surface area contributed by atoms with Crippen LogP contribution in [-0.2, 0) is 46.4 Å².